The van der Waals surface area contributed by atoms with E-state index in [2.05, 4.69) is 73.9 Å². The number of anilines is 4. The lowest BCUT2D eigenvalue weighted by molar-refractivity contribution is 0.0910. The van der Waals surface area contributed by atoms with Crippen molar-refractivity contribution in [1.29, 1.82) is 5.26 Å². The van der Waals surface area contributed by atoms with Gasteiger partial charge < -0.3 is 10.6 Å². The molecule has 0 saturated heterocycles. The van der Waals surface area contributed by atoms with Crippen molar-refractivity contribution in [2.75, 3.05) is 30.2 Å². The van der Waals surface area contributed by atoms with Crippen LogP contribution in [0.5, 0.6) is 0 Å². The molecule has 3 aromatic rings. The van der Waals surface area contributed by atoms with E-state index in [9.17, 15) is 9.47 Å². The van der Waals surface area contributed by atoms with Gasteiger partial charge in [-0.2, -0.15) is 14.6 Å². The summed E-state index contributed by atoms with van der Waals surface area (Å²) in [6.45, 7) is 5.60. The van der Waals surface area contributed by atoms with Gasteiger partial charge in [0.1, 0.15) is 17.5 Å². The van der Waals surface area contributed by atoms with Crippen LogP contribution in [-0.4, -0.2) is 49.2 Å². The molecule has 0 bridgehead atoms. The zero-order chi connectivity index (χ0) is 26.4. The lowest BCUT2D eigenvalue weighted by Gasteiger charge is -2.49. The summed E-state index contributed by atoms with van der Waals surface area (Å²) in [6, 6.07) is 11.7. The van der Waals surface area contributed by atoms with Crippen molar-refractivity contribution in [3.63, 3.8) is 0 Å². The number of nitrogens with zero attached hydrogens (tertiary/aromatic N) is 6. The van der Waals surface area contributed by atoms with Gasteiger partial charge in [0.15, 0.2) is 11.6 Å². The Hall–Kier alpha value is -3.55. The third kappa shape index (κ3) is 5.15. The van der Waals surface area contributed by atoms with Crippen LogP contribution in [-0.2, 0) is 22.7 Å². The smallest absolute Gasteiger partial charge is 0.229 e. The van der Waals surface area contributed by atoms with E-state index in [-0.39, 0.29) is 11.1 Å². The van der Waals surface area contributed by atoms with E-state index in [0.29, 0.717) is 29.3 Å². The van der Waals surface area contributed by atoms with Crippen LogP contribution >= 0.6 is 0 Å². The fraction of sp³-hybridized carbons (Fsp3) is 0.407. The first-order valence-corrected chi connectivity index (χ1v) is 14.7. The minimum absolute atomic E-state index is 0.136. The molecule has 192 valence electrons. The van der Waals surface area contributed by atoms with Gasteiger partial charge in [0, 0.05) is 45.9 Å². The average Bonchev–Trinajstić information content (AvgIpc) is 2.82. The zero-order valence-corrected chi connectivity index (χ0v) is 22.7. The molecule has 0 radical (unpaired) electrons. The molecule has 2 N–H and O–H groups in total. The Kier molecular flexibility index (Phi) is 6.38. The minimum atomic E-state index is -2.35. The molecule has 3 heterocycles. The van der Waals surface area contributed by atoms with Crippen LogP contribution in [0.2, 0.25) is 0 Å². The minimum Gasteiger partial charge on any atom is -0.324 e. The van der Waals surface area contributed by atoms with Crippen molar-refractivity contribution >= 4 is 38.8 Å². The first-order valence-electron chi connectivity index (χ1n) is 12.4. The van der Waals surface area contributed by atoms with Gasteiger partial charge in [-0.1, -0.05) is 6.07 Å². The molecule has 2 aliphatic rings. The van der Waals surface area contributed by atoms with E-state index in [4.69, 9.17) is 0 Å². The molecule has 1 aliphatic carbocycles. The normalized spacial score (nSPS) is 18.4. The van der Waals surface area contributed by atoms with E-state index < -0.39 is 9.73 Å². The Morgan fingerprint density at radius 3 is 2.73 bits per heavy atom. The van der Waals surface area contributed by atoms with Crippen molar-refractivity contribution in [1.82, 2.24) is 19.9 Å². The number of likely N-dealkylation sites (N-methyl/N-ethyl adjacent to an activating group) is 1. The molecule has 1 aromatic carbocycles. The second-order valence-electron chi connectivity index (χ2n) is 10.6. The summed E-state index contributed by atoms with van der Waals surface area (Å²) in [5.74, 6) is 2.04. The van der Waals surface area contributed by atoms with E-state index in [1.807, 2.05) is 0 Å². The number of hydrogen-bond donors (Lipinski definition) is 2. The topological polar surface area (TPSA) is 119 Å². The highest BCUT2D eigenvalue weighted by Crippen LogP contribution is 2.48. The summed E-state index contributed by atoms with van der Waals surface area (Å²) in [5.41, 5.74) is 5.64. The van der Waals surface area contributed by atoms with Gasteiger partial charge in [0.05, 0.1) is 6.20 Å². The first-order chi connectivity index (χ1) is 17.5. The van der Waals surface area contributed by atoms with Crippen LogP contribution in [0.3, 0.4) is 0 Å². The molecule has 0 fully saturated rings. The van der Waals surface area contributed by atoms with Crippen molar-refractivity contribution in [2.24, 2.45) is 4.36 Å². The lowest BCUT2D eigenvalue weighted by atomic mass is 9.68. The van der Waals surface area contributed by atoms with Gasteiger partial charge in [-0.25, -0.2) is 14.2 Å². The average molecular weight is 517 g/mol. The first kappa shape index (κ1) is 25.1. The third-order valence-corrected chi connectivity index (χ3v) is 7.97. The van der Waals surface area contributed by atoms with Crippen LogP contribution in [0, 0.1) is 11.3 Å². The van der Waals surface area contributed by atoms with Crippen molar-refractivity contribution < 1.29 is 4.21 Å². The largest absolute Gasteiger partial charge is 0.324 e. The van der Waals surface area contributed by atoms with Gasteiger partial charge in [0.2, 0.25) is 5.95 Å². The quantitative estimate of drug-likeness (QED) is 0.473. The molecular formula is C27H32N8OS. The van der Waals surface area contributed by atoms with Gasteiger partial charge in [-0.15, -0.1) is 0 Å². The molecule has 10 heteroatoms. The highest BCUT2D eigenvalue weighted by Gasteiger charge is 2.42. The summed E-state index contributed by atoms with van der Waals surface area (Å²) >= 11 is 0. The number of nitriles is 1. The Morgan fingerprint density at radius 1 is 1.19 bits per heavy atom. The van der Waals surface area contributed by atoms with E-state index >= 15 is 0 Å². The molecule has 1 aliphatic heterocycles. The highest BCUT2D eigenvalue weighted by atomic mass is 32.2. The molecule has 0 saturated carbocycles. The highest BCUT2D eigenvalue weighted by molar-refractivity contribution is 7.92. The SMILES string of the molecule is CN1Cc2cc(Nc3ncc(C#N)c(Nc4cccc(N=S(C)(C)=O)n4)n3)cc3c2[C@H](CCC3)C1(C)C. The van der Waals surface area contributed by atoms with Gasteiger partial charge in [0.25, 0.3) is 0 Å². The maximum absolute atomic E-state index is 12.0. The molecule has 9 nitrogen and oxygen atoms in total. The predicted octanol–water partition coefficient (Wildman–Crippen LogP) is 5.23. The maximum atomic E-state index is 12.0. The molecule has 5 rings (SSSR count). The van der Waals surface area contributed by atoms with Crippen molar-refractivity contribution in [2.45, 2.75) is 51.1 Å². The lowest BCUT2D eigenvalue weighted by Crippen LogP contribution is -2.50. The molecule has 1 atom stereocenters. The summed E-state index contributed by atoms with van der Waals surface area (Å²) in [7, 11) is -0.146. The standard InChI is InChI=1S/C27H32N8OS/c1-27(2)21-9-6-8-17-12-20(13-18(24(17)21)16-35(27)3)30-26-29-15-19(14-28)25(33-26)32-22-10-7-11-23(31-22)34-37(4,5)36/h7,10-13,15,21H,6,8-9,16H2,1-5H3,(H2,29,30,31,32,33)/t21-/m0/s1. The van der Waals surface area contributed by atoms with Crippen LogP contribution in [0.25, 0.3) is 0 Å². The van der Waals surface area contributed by atoms with Crippen LogP contribution in [0.15, 0.2) is 40.9 Å². The third-order valence-electron chi connectivity index (χ3n) is 7.34. The van der Waals surface area contributed by atoms with Crippen LogP contribution in [0.1, 0.15) is 54.9 Å². The number of aromatic nitrogens is 3. The number of rotatable bonds is 5. The Morgan fingerprint density at radius 2 is 1.97 bits per heavy atom. The van der Waals surface area contributed by atoms with Crippen molar-refractivity contribution in [3.05, 3.63) is 58.8 Å². The summed E-state index contributed by atoms with van der Waals surface area (Å²) in [4.78, 5) is 15.8. The van der Waals surface area contributed by atoms with Crippen LogP contribution in [0.4, 0.5) is 29.1 Å². The second kappa shape index (κ2) is 9.39. The van der Waals surface area contributed by atoms with Gasteiger partial charge in [-0.3, -0.25) is 4.90 Å². The summed E-state index contributed by atoms with van der Waals surface area (Å²) in [5, 5.41) is 16.1. The van der Waals surface area contributed by atoms with E-state index in [0.717, 1.165) is 18.7 Å². The molecule has 0 amide bonds. The van der Waals surface area contributed by atoms with Crippen LogP contribution < -0.4 is 10.6 Å². The number of aryl methyl sites for hydroxylation is 1. The molecule has 0 spiro atoms. The van der Waals surface area contributed by atoms with Gasteiger partial charge >= 0.3 is 0 Å². The Labute approximate surface area is 218 Å². The zero-order valence-electron chi connectivity index (χ0n) is 21.9. The van der Waals surface area contributed by atoms with Crippen molar-refractivity contribution in [3.8, 4) is 6.07 Å². The maximum Gasteiger partial charge on any atom is 0.229 e. The molecule has 2 aromatic heterocycles. The number of nitrogens with one attached hydrogen (secondary N) is 2. The number of pyridine rings is 1. The molecule has 37 heavy (non-hydrogen) atoms. The van der Waals surface area contributed by atoms with E-state index in [1.165, 1.54) is 35.7 Å². The Bertz CT molecular complexity index is 1530. The predicted molar refractivity (Wildman–Crippen MR) is 147 cm³/mol. The number of benzene rings is 1. The second-order valence-corrected chi connectivity index (χ2v) is 13.2. The van der Waals surface area contributed by atoms with Gasteiger partial charge in [-0.05, 0) is 81.1 Å². The Balaban J connectivity index is 1.45. The molecular weight excluding hydrogens is 484 g/mol. The number of hydrogen-bond acceptors (Lipinski definition) is 9. The summed E-state index contributed by atoms with van der Waals surface area (Å²) in [6.07, 6.45) is 8.07. The monoisotopic (exact) mass is 516 g/mol. The summed E-state index contributed by atoms with van der Waals surface area (Å²) < 4.78 is 16.2. The fourth-order valence-corrected chi connectivity index (χ4v) is 5.90. The molecule has 0 unspecified atom stereocenters. The fourth-order valence-electron chi connectivity index (χ4n) is 5.35. The van der Waals surface area contributed by atoms with E-state index in [1.54, 1.807) is 30.7 Å².